The van der Waals surface area contributed by atoms with Crippen molar-refractivity contribution in [2.45, 2.75) is 12.3 Å². The van der Waals surface area contributed by atoms with E-state index in [2.05, 4.69) is 20.9 Å². The average molecular weight is 286 g/mol. The lowest BCUT2D eigenvalue weighted by Gasteiger charge is -2.10. The molecule has 0 radical (unpaired) electrons. The van der Waals surface area contributed by atoms with Crippen LogP contribution in [0.2, 0.25) is 5.02 Å². The zero-order chi connectivity index (χ0) is 10.8. The van der Waals surface area contributed by atoms with Crippen molar-refractivity contribution in [3.05, 3.63) is 47.0 Å². The number of aromatic nitrogens is 2. The van der Waals surface area contributed by atoms with Crippen molar-refractivity contribution in [2.24, 2.45) is 0 Å². The SMILES string of the molecule is Cc1nccn1-c1cc(Cl)ccc1CBr. The van der Waals surface area contributed by atoms with Gasteiger partial charge in [0.15, 0.2) is 0 Å². The first kappa shape index (κ1) is 10.7. The molecule has 2 rings (SSSR count). The van der Waals surface area contributed by atoms with Crippen LogP contribution in [0.1, 0.15) is 11.4 Å². The van der Waals surface area contributed by atoms with E-state index >= 15 is 0 Å². The van der Waals surface area contributed by atoms with E-state index in [4.69, 9.17) is 11.6 Å². The molecule has 1 aromatic heterocycles. The van der Waals surface area contributed by atoms with Gasteiger partial charge < -0.3 is 4.57 Å². The first-order valence-electron chi connectivity index (χ1n) is 4.57. The van der Waals surface area contributed by atoms with E-state index in [1.54, 1.807) is 6.20 Å². The lowest BCUT2D eigenvalue weighted by atomic mass is 10.2. The fraction of sp³-hybridized carbons (Fsp3) is 0.182. The summed E-state index contributed by atoms with van der Waals surface area (Å²) in [5, 5.41) is 1.54. The maximum Gasteiger partial charge on any atom is 0.110 e. The third kappa shape index (κ3) is 2.08. The number of aryl methyl sites for hydroxylation is 1. The van der Waals surface area contributed by atoms with E-state index in [0.29, 0.717) is 0 Å². The summed E-state index contributed by atoms with van der Waals surface area (Å²) in [5.41, 5.74) is 2.27. The minimum absolute atomic E-state index is 0.739. The van der Waals surface area contributed by atoms with Gasteiger partial charge in [0.05, 0.1) is 5.69 Å². The van der Waals surface area contributed by atoms with Crippen LogP contribution in [0.5, 0.6) is 0 Å². The van der Waals surface area contributed by atoms with Gasteiger partial charge in [-0.15, -0.1) is 0 Å². The van der Waals surface area contributed by atoms with Crippen molar-refractivity contribution in [1.82, 2.24) is 9.55 Å². The van der Waals surface area contributed by atoms with E-state index in [0.717, 1.165) is 21.9 Å². The quantitative estimate of drug-likeness (QED) is 0.769. The molecule has 0 bridgehead atoms. The van der Waals surface area contributed by atoms with Crippen LogP contribution >= 0.6 is 27.5 Å². The molecule has 0 saturated carbocycles. The van der Waals surface area contributed by atoms with Crippen LogP contribution in [0.4, 0.5) is 0 Å². The van der Waals surface area contributed by atoms with Gasteiger partial charge in [-0.3, -0.25) is 0 Å². The monoisotopic (exact) mass is 284 g/mol. The summed E-state index contributed by atoms with van der Waals surface area (Å²) in [7, 11) is 0. The Bertz CT molecular complexity index is 479. The molecule has 1 heterocycles. The standard InChI is InChI=1S/C11H10BrClN2/c1-8-14-4-5-15(8)11-6-10(13)3-2-9(11)7-12/h2-6H,7H2,1H3. The van der Waals surface area contributed by atoms with Gasteiger partial charge >= 0.3 is 0 Å². The van der Waals surface area contributed by atoms with E-state index in [1.165, 1.54) is 5.56 Å². The zero-order valence-electron chi connectivity index (χ0n) is 8.24. The average Bonchev–Trinajstić information content (AvgIpc) is 2.64. The second-order valence-corrected chi connectivity index (χ2v) is 4.25. The Morgan fingerprint density at radius 2 is 2.27 bits per heavy atom. The second kappa shape index (κ2) is 4.37. The molecule has 0 amide bonds. The van der Waals surface area contributed by atoms with Crippen LogP contribution in [-0.2, 0) is 5.33 Å². The normalized spacial score (nSPS) is 10.6. The maximum absolute atomic E-state index is 5.99. The Morgan fingerprint density at radius 1 is 1.47 bits per heavy atom. The van der Waals surface area contributed by atoms with Crippen molar-refractivity contribution >= 4 is 27.5 Å². The van der Waals surface area contributed by atoms with Crippen molar-refractivity contribution in [3.8, 4) is 5.69 Å². The van der Waals surface area contributed by atoms with Gasteiger partial charge in [0.25, 0.3) is 0 Å². The van der Waals surface area contributed by atoms with Gasteiger partial charge in [-0.1, -0.05) is 33.6 Å². The predicted octanol–water partition coefficient (Wildman–Crippen LogP) is 3.73. The molecular formula is C11H10BrClN2. The third-order valence-electron chi connectivity index (χ3n) is 2.28. The van der Waals surface area contributed by atoms with Crippen LogP contribution < -0.4 is 0 Å². The summed E-state index contributed by atoms with van der Waals surface area (Å²) < 4.78 is 2.03. The number of imidazole rings is 1. The Hall–Kier alpha value is -0.800. The molecule has 15 heavy (non-hydrogen) atoms. The number of alkyl halides is 1. The predicted molar refractivity (Wildman–Crippen MR) is 65.9 cm³/mol. The largest absolute Gasteiger partial charge is 0.304 e. The number of benzene rings is 1. The minimum Gasteiger partial charge on any atom is -0.304 e. The number of rotatable bonds is 2. The summed E-state index contributed by atoms with van der Waals surface area (Å²) in [6.45, 7) is 1.97. The van der Waals surface area contributed by atoms with Gasteiger partial charge in [-0.25, -0.2) is 4.98 Å². The smallest absolute Gasteiger partial charge is 0.110 e. The number of hydrogen-bond acceptors (Lipinski definition) is 1. The number of halogens is 2. The first-order chi connectivity index (χ1) is 7.22. The van der Waals surface area contributed by atoms with Gasteiger partial charge in [0, 0.05) is 22.7 Å². The van der Waals surface area contributed by atoms with Crippen LogP contribution in [0, 0.1) is 6.92 Å². The highest BCUT2D eigenvalue weighted by molar-refractivity contribution is 9.08. The fourth-order valence-corrected chi connectivity index (χ4v) is 2.15. The second-order valence-electron chi connectivity index (χ2n) is 3.25. The fourth-order valence-electron chi connectivity index (χ4n) is 1.51. The zero-order valence-corrected chi connectivity index (χ0v) is 10.6. The Labute approximate surface area is 102 Å². The maximum atomic E-state index is 5.99. The molecule has 0 spiro atoms. The molecule has 78 valence electrons. The Balaban J connectivity index is 2.60. The van der Waals surface area contributed by atoms with Crippen LogP contribution in [0.3, 0.4) is 0 Å². The van der Waals surface area contributed by atoms with Crippen LogP contribution in [0.15, 0.2) is 30.6 Å². The van der Waals surface area contributed by atoms with E-state index in [9.17, 15) is 0 Å². The van der Waals surface area contributed by atoms with E-state index in [1.807, 2.05) is 35.9 Å². The molecule has 0 aliphatic carbocycles. The van der Waals surface area contributed by atoms with Crippen molar-refractivity contribution < 1.29 is 0 Å². The molecule has 0 aliphatic heterocycles. The highest BCUT2D eigenvalue weighted by Crippen LogP contribution is 2.22. The summed E-state index contributed by atoms with van der Waals surface area (Å²) in [4.78, 5) is 4.20. The highest BCUT2D eigenvalue weighted by Gasteiger charge is 2.06. The first-order valence-corrected chi connectivity index (χ1v) is 6.07. The highest BCUT2D eigenvalue weighted by atomic mass is 79.9. The van der Waals surface area contributed by atoms with Crippen LogP contribution in [-0.4, -0.2) is 9.55 Å². The Morgan fingerprint density at radius 3 is 2.87 bits per heavy atom. The molecule has 0 unspecified atom stereocenters. The van der Waals surface area contributed by atoms with Gasteiger partial charge in [0.1, 0.15) is 5.82 Å². The molecule has 1 aromatic carbocycles. The van der Waals surface area contributed by atoms with Crippen molar-refractivity contribution in [3.63, 3.8) is 0 Å². The van der Waals surface area contributed by atoms with Gasteiger partial charge in [-0.05, 0) is 24.6 Å². The molecule has 0 atom stereocenters. The molecule has 2 aromatic rings. The summed E-state index contributed by atoms with van der Waals surface area (Å²) in [6, 6.07) is 5.87. The van der Waals surface area contributed by atoms with E-state index < -0.39 is 0 Å². The van der Waals surface area contributed by atoms with Gasteiger partial charge in [-0.2, -0.15) is 0 Å². The number of nitrogens with zero attached hydrogens (tertiary/aromatic N) is 2. The molecular weight excluding hydrogens is 275 g/mol. The molecule has 0 aliphatic rings. The molecule has 0 N–H and O–H groups in total. The van der Waals surface area contributed by atoms with Crippen molar-refractivity contribution in [2.75, 3.05) is 0 Å². The lowest BCUT2D eigenvalue weighted by molar-refractivity contribution is 0.963. The summed E-state index contributed by atoms with van der Waals surface area (Å²) in [6.07, 6.45) is 3.72. The molecule has 0 fully saturated rings. The number of hydrogen-bond donors (Lipinski definition) is 0. The van der Waals surface area contributed by atoms with E-state index in [-0.39, 0.29) is 0 Å². The minimum atomic E-state index is 0.739. The van der Waals surface area contributed by atoms with Crippen LogP contribution in [0.25, 0.3) is 5.69 Å². The molecule has 2 nitrogen and oxygen atoms in total. The summed E-state index contributed by atoms with van der Waals surface area (Å²) >= 11 is 9.46. The third-order valence-corrected chi connectivity index (χ3v) is 3.12. The van der Waals surface area contributed by atoms with Gasteiger partial charge in [0.2, 0.25) is 0 Å². The lowest BCUT2D eigenvalue weighted by Crippen LogP contribution is -1.99. The summed E-state index contributed by atoms with van der Waals surface area (Å²) in [5.74, 6) is 0.958. The molecule has 0 saturated heterocycles. The Kier molecular flexibility index (Phi) is 3.12. The topological polar surface area (TPSA) is 17.8 Å². The van der Waals surface area contributed by atoms with Crippen molar-refractivity contribution in [1.29, 1.82) is 0 Å². The molecule has 4 heteroatoms.